The first-order chi connectivity index (χ1) is 7.83. The molecule has 2 unspecified atom stereocenters. The van der Waals surface area contributed by atoms with Crippen molar-refractivity contribution in [3.05, 3.63) is 24.3 Å². The van der Waals surface area contributed by atoms with Gasteiger partial charge >= 0.3 is 0 Å². The Bertz CT molecular complexity index is 383. The second kappa shape index (κ2) is 3.99. The molecule has 3 aliphatic rings. The van der Waals surface area contributed by atoms with Crippen LogP contribution in [0, 0.1) is 5.82 Å². The smallest absolute Gasteiger partial charge is 0.143 e. The molecule has 16 heavy (non-hydrogen) atoms. The summed E-state index contributed by atoms with van der Waals surface area (Å²) in [6.07, 6.45) is 3.14. The number of nitrogens with one attached hydrogen (secondary N) is 1. The van der Waals surface area contributed by atoms with Crippen LogP contribution in [0.2, 0.25) is 0 Å². The fourth-order valence-corrected chi connectivity index (χ4v) is 2.34. The van der Waals surface area contributed by atoms with Crippen molar-refractivity contribution in [1.82, 2.24) is 10.3 Å². The fraction of sp³-hybridized carbons (Fsp3) is 0.545. The zero-order valence-electron chi connectivity index (χ0n) is 8.90. The van der Waals surface area contributed by atoms with Gasteiger partial charge in [0.1, 0.15) is 5.82 Å². The summed E-state index contributed by atoms with van der Waals surface area (Å²) in [6, 6.07) is 1.82. The van der Waals surface area contributed by atoms with E-state index >= 15 is 0 Å². The molecule has 3 saturated heterocycles. The van der Waals surface area contributed by atoms with Crippen LogP contribution in [0.15, 0.2) is 18.5 Å². The van der Waals surface area contributed by atoms with Gasteiger partial charge in [-0.1, -0.05) is 0 Å². The van der Waals surface area contributed by atoms with Crippen molar-refractivity contribution >= 4 is 5.69 Å². The van der Waals surface area contributed by atoms with Gasteiger partial charge in [0.25, 0.3) is 0 Å². The average molecular weight is 223 g/mol. The molecule has 5 heteroatoms. The van der Waals surface area contributed by atoms with Crippen molar-refractivity contribution in [3.63, 3.8) is 0 Å². The molecule has 2 bridgehead atoms. The standard InChI is InChI=1S/C11H14FN3O/c12-8-1-9(3-13-2-8)15-6-11-5-14-4-10(15)7-16-11/h1-3,10-11,14H,4-7H2. The van der Waals surface area contributed by atoms with Gasteiger partial charge in [0.2, 0.25) is 0 Å². The molecular weight excluding hydrogens is 209 g/mol. The average Bonchev–Trinajstić information content (AvgIpc) is 2.63. The van der Waals surface area contributed by atoms with Gasteiger partial charge < -0.3 is 15.0 Å². The number of anilines is 1. The number of pyridine rings is 1. The number of nitrogens with zero attached hydrogens (tertiary/aromatic N) is 2. The fourth-order valence-electron chi connectivity index (χ4n) is 2.34. The van der Waals surface area contributed by atoms with E-state index in [2.05, 4.69) is 15.2 Å². The lowest BCUT2D eigenvalue weighted by Gasteiger charge is -2.37. The molecule has 4 heterocycles. The molecule has 0 spiro atoms. The number of aromatic nitrogens is 1. The highest BCUT2D eigenvalue weighted by Gasteiger charge is 2.32. The number of rotatable bonds is 1. The molecule has 0 amide bonds. The molecule has 1 aromatic heterocycles. The van der Waals surface area contributed by atoms with E-state index in [1.54, 1.807) is 6.20 Å². The highest BCUT2D eigenvalue weighted by molar-refractivity contribution is 5.46. The monoisotopic (exact) mass is 223 g/mol. The SMILES string of the molecule is Fc1cncc(N2CC3CNCC2CO3)c1. The van der Waals surface area contributed by atoms with E-state index in [1.807, 2.05) is 0 Å². The Morgan fingerprint density at radius 3 is 3.25 bits per heavy atom. The molecular formula is C11H14FN3O. The van der Waals surface area contributed by atoms with E-state index in [0.29, 0.717) is 6.61 Å². The molecule has 2 atom stereocenters. The van der Waals surface area contributed by atoms with Crippen LogP contribution in [0.3, 0.4) is 0 Å². The minimum absolute atomic E-state index is 0.196. The molecule has 3 aliphatic heterocycles. The number of ether oxygens (including phenoxy) is 1. The maximum Gasteiger partial charge on any atom is 0.143 e. The number of morpholine rings is 1. The second-order valence-corrected chi connectivity index (χ2v) is 4.28. The minimum atomic E-state index is -0.286. The number of hydrogen-bond acceptors (Lipinski definition) is 4. The van der Waals surface area contributed by atoms with Gasteiger partial charge in [-0.2, -0.15) is 0 Å². The Morgan fingerprint density at radius 1 is 1.44 bits per heavy atom. The molecule has 86 valence electrons. The van der Waals surface area contributed by atoms with Crippen LogP contribution in [-0.4, -0.2) is 43.4 Å². The summed E-state index contributed by atoms with van der Waals surface area (Å²) in [5, 5.41) is 3.34. The summed E-state index contributed by atoms with van der Waals surface area (Å²) in [7, 11) is 0. The summed E-state index contributed by atoms with van der Waals surface area (Å²) in [4.78, 5) is 6.08. The Balaban J connectivity index is 1.89. The van der Waals surface area contributed by atoms with E-state index in [4.69, 9.17) is 4.74 Å². The first kappa shape index (κ1) is 9.99. The molecule has 3 fully saturated rings. The Labute approximate surface area is 93.4 Å². The molecule has 4 nitrogen and oxygen atoms in total. The van der Waals surface area contributed by atoms with E-state index in [9.17, 15) is 4.39 Å². The van der Waals surface area contributed by atoms with Crippen LogP contribution >= 0.6 is 0 Å². The molecule has 4 rings (SSSR count). The minimum Gasteiger partial charge on any atom is -0.373 e. The normalized spacial score (nSPS) is 29.2. The maximum absolute atomic E-state index is 13.1. The Kier molecular flexibility index (Phi) is 2.49. The molecule has 0 saturated carbocycles. The molecule has 0 aromatic carbocycles. The van der Waals surface area contributed by atoms with Crippen LogP contribution < -0.4 is 10.2 Å². The van der Waals surface area contributed by atoms with Gasteiger partial charge in [0.15, 0.2) is 0 Å². The zero-order chi connectivity index (χ0) is 11.0. The van der Waals surface area contributed by atoms with Gasteiger partial charge in [0.05, 0.1) is 36.8 Å². The van der Waals surface area contributed by atoms with Crippen molar-refractivity contribution in [1.29, 1.82) is 0 Å². The largest absolute Gasteiger partial charge is 0.373 e. The Morgan fingerprint density at radius 2 is 2.38 bits per heavy atom. The predicted molar refractivity (Wildman–Crippen MR) is 57.9 cm³/mol. The van der Waals surface area contributed by atoms with E-state index < -0.39 is 0 Å². The van der Waals surface area contributed by atoms with Crippen LogP contribution in [0.1, 0.15) is 0 Å². The molecule has 0 radical (unpaired) electrons. The zero-order valence-corrected chi connectivity index (χ0v) is 8.90. The highest BCUT2D eigenvalue weighted by Crippen LogP contribution is 2.23. The van der Waals surface area contributed by atoms with E-state index in [-0.39, 0.29) is 18.0 Å². The van der Waals surface area contributed by atoms with Gasteiger partial charge in [0, 0.05) is 25.7 Å². The summed E-state index contributed by atoms with van der Waals surface area (Å²) in [5.74, 6) is -0.286. The topological polar surface area (TPSA) is 37.4 Å². The van der Waals surface area contributed by atoms with Crippen LogP contribution in [0.5, 0.6) is 0 Å². The predicted octanol–water partition coefficient (Wildman–Crippen LogP) is 0.398. The van der Waals surface area contributed by atoms with Crippen molar-refractivity contribution in [2.24, 2.45) is 0 Å². The lowest BCUT2D eigenvalue weighted by atomic mass is 10.2. The van der Waals surface area contributed by atoms with Crippen LogP contribution in [-0.2, 0) is 4.74 Å². The molecule has 0 aliphatic carbocycles. The summed E-state index contributed by atoms with van der Waals surface area (Å²) in [5.41, 5.74) is 0.849. The van der Waals surface area contributed by atoms with Crippen molar-refractivity contribution in [3.8, 4) is 0 Å². The Hall–Kier alpha value is -1.20. The number of hydrogen-bond donors (Lipinski definition) is 1. The highest BCUT2D eigenvalue weighted by atomic mass is 19.1. The summed E-state index contributed by atoms with van der Waals surface area (Å²) >= 11 is 0. The lowest BCUT2D eigenvalue weighted by Crippen LogP contribution is -2.49. The first-order valence-corrected chi connectivity index (χ1v) is 5.52. The van der Waals surface area contributed by atoms with Crippen molar-refractivity contribution in [2.75, 3.05) is 31.1 Å². The maximum atomic E-state index is 13.1. The summed E-state index contributed by atoms with van der Waals surface area (Å²) < 4.78 is 18.8. The third kappa shape index (κ3) is 1.76. The van der Waals surface area contributed by atoms with Crippen molar-refractivity contribution < 1.29 is 9.13 Å². The van der Waals surface area contributed by atoms with Crippen LogP contribution in [0.4, 0.5) is 10.1 Å². The summed E-state index contributed by atoms with van der Waals surface area (Å²) in [6.45, 7) is 3.26. The number of fused-ring (bicyclic) bond motifs is 4. The van der Waals surface area contributed by atoms with Gasteiger partial charge in [-0.15, -0.1) is 0 Å². The first-order valence-electron chi connectivity index (χ1n) is 5.52. The van der Waals surface area contributed by atoms with E-state index in [1.165, 1.54) is 12.3 Å². The third-order valence-corrected chi connectivity index (χ3v) is 3.14. The molecule has 1 N–H and O–H groups in total. The lowest BCUT2D eigenvalue weighted by molar-refractivity contribution is 0.0391. The number of halogens is 1. The molecule has 1 aromatic rings. The van der Waals surface area contributed by atoms with Gasteiger partial charge in [-0.3, -0.25) is 4.98 Å². The van der Waals surface area contributed by atoms with Gasteiger partial charge in [-0.05, 0) is 0 Å². The van der Waals surface area contributed by atoms with Gasteiger partial charge in [-0.25, -0.2) is 4.39 Å². The quantitative estimate of drug-likeness (QED) is 0.747. The second-order valence-electron chi connectivity index (χ2n) is 4.28. The van der Waals surface area contributed by atoms with E-state index in [0.717, 1.165) is 25.3 Å². The third-order valence-electron chi connectivity index (χ3n) is 3.14. The van der Waals surface area contributed by atoms with Crippen molar-refractivity contribution in [2.45, 2.75) is 12.1 Å². The van der Waals surface area contributed by atoms with Crippen LogP contribution in [0.25, 0.3) is 0 Å².